The second-order valence-electron chi connectivity index (χ2n) is 8.38. The van der Waals surface area contributed by atoms with Crippen molar-refractivity contribution in [3.05, 3.63) is 57.7 Å². The highest BCUT2D eigenvalue weighted by Gasteiger charge is 2.28. The molecule has 168 valence electrons. The fourth-order valence-electron chi connectivity index (χ4n) is 4.18. The van der Waals surface area contributed by atoms with E-state index in [4.69, 9.17) is 8.83 Å². The summed E-state index contributed by atoms with van der Waals surface area (Å²) in [7, 11) is 0. The lowest BCUT2D eigenvalue weighted by Crippen LogP contribution is -2.24. The van der Waals surface area contributed by atoms with E-state index < -0.39 is 0 Å². The van der Waals surface area contributed by atoms with Crippen LogP contribution in [0.1, 0.15) is 70.3 Å². The highest BCUT2D eigenvalue weighted by Crippen LogP contribution is 2.30. The van der Waals surface area contributed by atoms with E-state index in [0.29, 0.717) is 12.3 Å². The fraction of sp³-hybridized carbons (Fsp3) is 0.400. The minimum absolute atomic E-state index is 0.175. The lowest BCUT2D eigenvalue weighted by molar-refractivity contribution is -0.120. The van der Waals surface area contributed by atoms with E-state index >= 15 is 0 Å². The topological polar surface area (TPSA) is 96.8 Å². The molecule has 0 saturated carbocycles. The van der Waals surface area contributed by atoms with Gasteiger partial charge in [0.2, 0.25) is 5.91 Å². The Balaban J connectivity index is 1.51. The van der Waals surface area contributed by atoms with Crippen molar-refractivity contribution in [3.63, 3.8) is 0 Å². The van der Waals surface area contributed by atoms with Crippen LogP contribution in [0, 0.1) is 20.8 Å². The van der Waals surface area contributed by atoms with Crippen molar-refractivity contribution in [1.29, 1.82) is 0 Å². The number of hydrazone groups is 1. The predicted molar refractivity (Wildman–Crippen MR) is 123 cm³/mol. The van der Waals surface area contributed by atoms with Crippen LogP contribution < -0.4 is 10.7 Å². The molecule has 1 aromatic carbocycles. The quantitative estimate of drug-likeness (QED) is 0.558. The first-order valence-electron chi connectivity index (χ1n) is 11.1. The average molecular weight is 436 g/mol. The standard InChI is InChI=1S/C25H29N3O4/c1-5-11-26-25(30)24-16(4)22-19(7-6-8-20(22)32-24)27-28-21(29)12-17-13-31-23-15(3)14(2)9-10-18(17)23/h9-10,13H,5-8,11-12H2,1-4H3,(H,26,30)(H,28,29)/b27-19+. The van der Waals surface area contributed by atoms with E-state index in [0.717, 1.165) is 75.9 Å². The smallest absolute Gasteiger partial charge is 0.287 e. The Labute approximate surface area is 187 Å². The van der Waals surface area contributed by atoms with Crippen molar-refractivity contribution in [2.75, 3.05) is 6.54 Å². The molecule has 0 unspecified atom stereocenters. The van der Waals surface area contributed by atoms with Gasteiger partial charge in [-0.05, 0) is 51.2 Å². The summed E-state index contributed by atoms with van der Waals surface area (Å²) in [5, 5.41) is 8.21. The maximum absolute atomic E-state index is 12.6. The van der Waals surface area contributed by atoms with Crippen molar-refractivity contribution in [3.8, 4) is 0 Å². The molecule has 3 aromatic rings. The number of carbonyl (C=O) groups is 2. The second kappa shape index (κ2) is 9.02. The summed E-state index contributed by atoms with van der Waals surface area (Å²) in [5.74, 6) is 0.669. The first-order chi connectivity index (χ1) is 15.4. The minimum atomic E-state index is -0.215. The van der Waals surface area contributed by atoms with Gasteiger partial charge in [0.25, 0.3) is 5.91 Å². The number of fused-ring (bicyclic) bond motifs is 2. The monoisotopic (exact) mass is 435 g/mol. The summed E-state index contributed by atoms with van der Waals surface area (Å²) in [4.78, 5) is 25.1. The number of nitrogens with one attached hydrogen (secondary N) is 2. The predicted octanol–water partition coefficient (Wildman–Crippen LogP) is 4.49. The van der Waals surface area contributed by atoms with Gasteiger partial charge in [0, 0.05) is 35.0 Å². The van der Waals surface area contributed by atoms with Crippen LogP contribution in [0.3, 0.4) is 0 Å². The zero-order valence-electron chi connectivity index (χ0n) is 19.1. The Kier molecular flexibility index (Phi) is 6.17. The van der Waals surface area contributed by atoms with Crippen LogP contribution in [-0.2, 0) is 17.6 Å². The number of aryl methyl sites for hydroxylation is 3. The molecule has 0 aliphatic heterocycles. The summed E-state index contributed by atoms with van der Waals surface area (Å²) < 4.78 is 11.6. The molecule has 0 radical (unpaired) electrons. The van der Waals surface area contributed by atoms with Crippen LogP contribution in [0.2, 0.25) is 0 Å². The van der Waals surface area contributed by atoms with E-state index in [1.54, 1.807) is 6.26 Å². The Morgan fingerprint density at radius 1 is 1.12 bits per heavy atom. The largest absolute Gasteiger partial charge is 0.464 e. The zero-order chi connectivity index (χ0) is 22.8. The van der Waals surface area contributed by atoms with Crippen LogP contribution in [0.25, 0.3) is 11.0 Å². The van der Waals surface area contributed by atoms with E-state index in [9.17, 15) is 9.59 Å². The van der Waals surface area contributed by atoms with E-state index in [1.165, 1.54) is 0 Å². The van der Waals surface area contributed by atoms with Crippen LogP contribution in [0.4, 0.5) is 0 Å². The van der Waals surface area contributed by atoms with Gasteiger partial charge >= 0.3 is 0 Å². The molecule has 7 nitrogen and oxygen atoms in total. The average Bonchev–Trinajstić information content (AvgIpc) is 3.35. The third-order valence-electron chi connectivity index (χ3n) is 6.08. The molecule has 0 bridgehead atoms. The van der Waals surface area contributed by atoms with Gasteiger partial charge in [-0.25, -0.2) is 5.43 Å². The van der Waals surface area contributed by atoms with E-state index in [-0.39, 0.29) is 18.2 Å². The van der Waals surface area contributed by atoms with Gasteiger partial charge < -0.3 is 14.2 Å². The molecular weight excluding hydrogens is 406 g/mol. The number of hydrogen-bond acceptors (Lipinski definition) is 5. The molecule has 32 heavy (non-hydrogen) atoms. The van der Waals surface area contributed by atoms with Gasteiger partial charge in [-0.1, -0.05) is 19.1 Å². The highest BCUT2D eigenvalue weighted by molar-refractivity contribution is 6.06. The van der Waals surface area contributed by atoms with Gasteiger partial charge in [0.15, 0.2) is 5.76 Å². The minimum Gasteiger partial charge on any atom is -0.464 e. The molecular formula is C25H29N3O4. The summed E-state index contributed by atoms with van der Waals surface area (Å²) >= 11 is 0. The molecule has 2 N–H and O–H groups in total. The molecule has 2 amide bonds. The fourth-order valence-corrected chi connectivity index (χ4v) is 4.18. The number of amides is 2. The maximum Gasteiger partial charge on any atom is 0.287 e. The highest BCUT2D eigenvalue weighted by atomic mass is 16.4. The Bertz CT molecular complexity index is 1220. The maximum atomic E-state index is 12.6. The van der Waals surface area contributed by atoms with Gasteiger partial charge in [-0.15, -0.1) is 0 Å². The first kappa shape index (κ1) is 21.9. The van der Waals surface area contributed by atoms with Crippen LogP contribution in [0.15, 0.2) is 32.3 Å². The molecule has 0 saturated heterocycles. The van der Waals surface area contributed by atoms with E-state index in [1.807, 2.05) is 39.8 Å². The molecule has 1 aliphatic rings. The molecule has 0 spiro atoms. The Hall–Kier alpha value is -3.35. The second-order valence-corrected chi connectivity index (χ2v) is 8.38. The Morgan fingerprint density at radius 2 is 1.94 bits per heavy atom. The molecule has 0 fully saturated rings. The lowest BCUT2D eigenvalue weighted by Gasteiger charge is -2.13. The van der Waals surface area contributed by atoms with Gasteiger partial charge in [0.05, 0.1) is 18.4 Å². The van der Waals surface area contributed by atoms with Crippen LogP contribution in [-0.4, -0.2) is 24.1 Å². The number of hydrogen-bond donors (Lipinski definition) is 2. The first-order valence-corrected chi connectivity index (χ1v) is 11.1. The number of carbonyl (C=O) groups excluding carboxylic acids is 2. The number of benzene rings is 1. The van der Waals surface area contributed by atoms with Crippen molar-refractivity contribution < 1.29 is 18.4 Å². The van der Waals surface area contributed by atoms with Crippen molar-refractivity contribution in [1.82, 2.24) is 10.7 Å². The summed E-state index contributed by atoms with van der Waals surface area (Å²) in [5.41, 5.74) is 8.94. The molecule has 7 heteroatoms. The third-order valence-corrected chi connectivity index (χ3v) is 6.08. The molecule has 2 aromatic heterocycles. The normalized spacial score (nSPS) is 14.6. The summed E-state index contributed by atoms with van der Waals surface area (Å²) in [6.07, 6.45) is 5.00. The number of rotatable bonds is 6. The van der Waals surface area contributed by atoms with Crippen LogP contribution >= 0.6 is 0 Å². The van der Waals surface area contributed by atoms with E-state index in [2.05, 4.69) is 15.8 Å². The molecule has 2 heterocycles. The Morgan fingerprint density at radius 3 is 2.72 bits per heavy atom. The third kappa shape index (κ3) is 4.07. The van der Waals surface area contributed by atoms with Crippen molar-refractivity contribution in [2.24, 2.45) is 5.10 Å². The number of nitrogens with zero attached hydrogens (tertiary/aromatic N) is 1. The molecule has 0 atom stereocenters. The lowest BCUT2D eigenvalue weighted by atomic mass is 9.93. The SMILES string of the molecule is CCCNC(=O)c1oc2c(c1C)/C(=N/NC(=O)Cc1coc3c(C)c(C)ccc13)CCC2. The summed E-state index contributed by atoms with van der Waals surface area (Å²) in [6.45, 7) is 8.52. The summed E-state index contributed by atoms with van der Waals surface area (Å²) in [6, 6.07) is 4.03. The van der Waals surface area contributed by atoms with Crippen molar-refractivity contribution >= 4 is 28.5 Å². The van der Waals surface area contributed by atoms with Gasteiger partial charge in [0.1, 0.15) is 11.3 Å². The molecule has 4 rings (SSSR count). The molecule has 1 aliphatic carbocycles. The van der Waals surface area contributed by atoms with Crippen molar-refractivity contribution in [2.45, 2.75) is 59.8 Å². The van der Waals surface area contributed by atoms with Gasteiger partial charge in [-0.2, -0.15) is 5.10 Å². The van der Waals surface area contributed by atoms with Crippen LogP contribution in [0.5, 0.6) is 0 Å². The van der Waals surface area contributed by atoms with Gasteiger partial charge in [-0.3, -0.25) is 9.59 Å². The zero-order valence-corrected chi connectivity index (χ0v) is 19.1. The number of furan rings is 2.